The third-order valence-corrected chi connectivity index (χ3v) is 34.9. The third-order valence-electron chi connectivity index (χ3n) is 25.9. The Morgan fingerprint density at radius 1 is 0.455 bits per heavy atom. The molecule has 8 aliphatic rings. The molecular formula is C87H133N7O16Si2. The summed E-state index contributed by atoms with van der Waals surface area (Å²) in [5.41, 5.74) is 13.2. The van der Waals surface area contributed by atoms with Crippen LogP contribution >= 0.6 is 0 Å². The number of imidazole rings is 3. The molecule has 8 aliphatic heterocycles. The quantitative estimate of drug-likeness (QED) is 0.0656. The molecule has 15 rings (SSSR count). The van der Waals surface area contributed by atoms with Crippen LogP contribution in [0.15, 0.2) is 87.2 Å². The number of aromatic nitrogens is 6. The van der Waals surface area contributed by atoms with Crippen molar-refractivity contribution in [3.63, 3.8) is 0 Å². The fourth-order valence-electron chi connectivity index (χ4n) is 16.9. The minimum atomic E-state index is -1.92. The van der Waals surface area contributed by atoms with Gasteiger partial charge in [-0.1, -0.05) is 158 Å². The zero-order valence-corrected chi connectivity index (χ0v) is 73.9. The molecule has 4 aromatic carbocycles. The predicted molar refractivity (Wildman–Crippen MR) is 446 cm³/mol. The Morgan fingerprint density at radius 2 is 0.795 bits per heavy atom. The van der Waals surface area contributed by atoms with Crippen LogP contribution in [0.5, 0.6) is 0 Å². The van der Waals surface area contributed by atoms with E-state index in [9.17, 15) is 34.5 Å². The minimum Gasteiger partial charge on any atom is -0.414 e. The van der Waals surface area contributed by atoms with Crippen molar-refractivity contribution in [2.24, 2.45) is 0 Å². The van der Waals surface area contributed by atoms with Crippen molar-refractivity contribution in [2.45, 2.75) is 347 Å². The lowest BCUT2D eigenvalue weighted by Crippen LogP contribution is -2.44. The number of aliphatic hydroxyl groups is 4. The molecule has 4 N–H and O–H groups in total. The highest BCUT2D eigenvalue weighted by molar-refractivity contribution is 6.74. The van der Waals surface area contributed by atoms with Crippen LogP contribution < -0.4 is 22.0 Å². The second-order valence-electron chi connectivity index (χ2n) is 39.4. The average molecular weight is 1590 g/mol. The average Bonchev–Trinajstić information content (AvgIpc) is 1.61. The lowest BCUT2D eigenvalue weighted by Gasteiger charge is -2.37. The summed E-state index contributed by atoms with van der Waals surface area (Å²) >= 11 is 0. The zero-order chi connectivity index (χ0) is 82.6. The molecule has 3 fully saturated rings. The summed E-state index contributed by atoms with van der Waals surface area (Å²) in [4.78, 5) is 52.8. The Labute approximate surface area is 665 Å². The van der Waals surface area contributed by atoms with Gasteiger partial charge in [0.2, 0.25) is 5.91 Å². The second kappa shape index (κ2) is 31.5. The van der Waals surface area contributed by atoms with Gasteiger partial charge < -0.3 is 62.6 Å². The van der Waals surface area contributed by atoms with Gasteiger partial charge in [-0.2, -0.15) is 0 Å². The van der Waals surface area contributed by atoms with Crippen molar-refractivity contribution in [3.05, 3.63) is 132 Å². The van der Waals surface area contributed by atoms with Gasteiger partial charge in [0.05, 0.1) is 97.4 Å². The van der Waals surface area contributed by atoms with E-state index in [1.54, 1.807) is 9.13 Å². The highest BCUT2D eigenvalue weighted by Crippen LogP contribution is 2.47. The van der Waals surface area contributed by atoms with Crippen LogP contribution in [0.2, 0.25) is 36.3 Å². The van der Waals surface area contributed by atoms with Crippen LogP contribution in [0.25, 0.3) is 33.1 Å². The normalized spacial score (nSPS) is 24.5. The lowest BCUT2D eigenvalue weighted by molar-refractivity contribution is -0.150. The Bertz CT molecular complexity index is 4760. The van der Waals surface area contributed by atoms with Gasteiger partial charge in [0.1, 0.15) is 42.7 Å². The smallest absolute Gasteiger partial charge is 0.329 e. The standard InChI is InChI=1S/C25H40N2O4Si.C19H26N2O4.C16H22N2O4.C14H30O3Si.C13H15NO/c1-23(2,3)32(8,9)29-16-20-19(30-25(6,7)31-20)15-27-18-12-10-11-17-21(18)26(22(27)28)14-13-24(17,4)5;1-18(2)8-9-20-16-12(18)6-5-7-13(16)21(17(20)23)10-14-15(11-22)25-19(3,4)24-14;1-16(2)6-7-17-14-10(16)4-3-5-11(14)18(15(17)22)8-12(20)13(21)9-19;1-9-11-12(17-14(5,6)16-11)10-15-18(7,8)13(2,3)4;1-13(2)6-7-14-11(15)8-9-4-3-5-10(13)12(9)14/h10-12,19-20H,13-16H2,1-9H3;5-7,14-15,22H,8-11H2,1-4H3;3-5,12-13,19-21H,6-9H2,1-2H3;11-12H,9-10H2,1-8H3;3-5H,6-8H2,1-2H3/t19-,20-;14-,15-;12-,13-;11-,12-;/m0010./s1. The summed E-state index contributed by atoms with van der Waals surface area (Å²) in [6.07, 6.45) is 1.96. The maximum atomic E-state index is 13.4. The van der Waals surface area contributed by atoms with Gasteiger partial charge in [0.25, 0.3) is 0 Å². The van der Waals surface area contributed by atoms with Gasteiger partial charge in [0.15, 0.2) is 34.0 Å². The van der Waals surface area contributed by atoms with Crippen LogP contribution in [-0.4, -0.2) is 170 Å². The Morgan fingerprint density at radius 3 is 1.20 bits per heavy atom. The molecular weight excluding hydrogens is 1460 g/mol. The third kappa shape index (κ3) is 17.4. The van der Waals surface area contributed by atoms with Gasteiger partial charge in [-0.15, -0.1) is 0 Å². The van der Waals surface area contributed by atoms with Crippen molar-refractivity contribution in [2.75, 3.05) is 37.9 Å². The van der Waals surface area contributed by atoms with Gasteiger partial charge in [-0.25, -0.2) is 14.4 Å². The predicted octanol–water partition coefficient (Wildman–Crippen LogP) is 13.4. The molecule has 23 nitrogen and oxygen atoms in total. The van der Waals surface area contributed by atoms with Crippen LogP contribution in [-0.2, 0) is 109 Å². The highest BCUT2D eigenvalue weighted by atomic mass is 28.4. The first-order valence-electron chi connectivity index (χ1n) is 40.8. The molecule has 0 unspecified atom stereocenters. The van der Waals surface area contributed by atoms with Crippen molar-refractivity contribution < 1.29 is 62.5 Å². The van der Waals surface area contributed by atoms with E-state index in [1.807, 2.05) is 90.5 Å². The Kier molecular flexibility index (Phi) is 24.5. The van der Waals surface area contributed by atoms with Crippen LogP contribution in [0.4, 0.5) is 5.69 Å². The van der Waals surface area contributed by atoms with E-state index in [0.717, 1.165) is 90.4 Å². The number of carbonyl (C=O) groups is 1. The molecule has 11 heterocycles. The fourth-order valence-corrected chi connectivity index (χ4v) is 18.9. The first-order valence-corrected chi connectivity index (χ1v) is 46.7. The number of carbonyl (C=O) groups excluding carboxylic acids is 1. The van der Waals surface area contributed by atoms with E-state index < -0.39 is 58.9 Å². The molecule has 1 amide bonds. The topological polar surface area (TPSA) is 256 Å². The van der Waals surface area contributed by atoms with E-state index in [2.05, 4.69) is 173 Å². The molecule has 3 aromatic heterocycles. The number of hydrogen-bond donors (Lipinski definition) is 4. The van der Waals surface area contributed by atoms with E-state index in [1.165, 1.54) is 32.5 Å². The monoisotopic (exact) mass is 1590 g/mol. The molecule has 0 radical (unpaired) electrons. The Balaban J connectivity index is 0.000000142. The summed E-state index contributed by atoms with van der Waals surface area (Å²) < 4.78 is 59.5. The number of anilines is 1. The van der Waals surface area contributed by atoms with E-state index in [-0.39, 0.29) is 98.4 Å². The first-order chi connectivity index (χ1) is 51.8. The van der Waals surface area contributed by atoms with Crippen molar-refractivity contribution >= 4 is 61.3 Å². The minimum absolute atomic E-state index is 0.00135. The van der Waals surface area contributed by atoms with E-state index >= 15 is 0 Å². The number of hydrogen-bond acceptors (Lipinski definition) is 16. The molecule has 620 valence electrons. The van der Waals surface area contributed by atoms with Crippen LogP contribution in [0, 0.1) is 0 Å². The summed E-state index contributed by atoms with van der Waals surface area (Å²) in [5.74, 6) is -1.65. The van der Waals surface area contributed by atoms with E-state index in [4.69, 9.17) is 42.4 Å². The number of aryl methyl sites for hydroxylation is 3. The molecule has 8 atom stereocenters. The number of benzene rings is 4. The SMILES string of the molecule is CC1(C)CCN2C(=O)Cc3cccc1c32.CC1(C)CCn2c(=O)n(C[C@@H](O)[C@H](O)CO)c3cccc1c32.CC1(C)O[C@@H](CO)[C@H](Cn2c(=O)n3c4c(cccc42)C(C)(C)CC3)O1.CC1(C)O[C@@H](CO[Si](C)(C)C(C)(C)C)[C@H](Cn2c(=O)n3c4c(cccc42)C(C)(C)CC3)O1.CC[C@@H]1OC(C)(C)O[C@H]1CO[Si](C)(C)C(C)(C)C. The summed E-state index contributed by atoms with van der Waals surface area (Å²) in [6.45, 7) is 58.3. The maximum Gasteiger partial charge on any atom is 0.329 e. The van der Waals surface area contributed by atoms with E-state index in [0.29, 0.717) is 39.3 Å². The largest absolute Gasteiger partial charge is 0.414 e. The number of para-hydroxylation sites is 4. The van der Waals surface area contributed by atoms with Gasteiger partial charge in [-0.05, 0) is 178 Å². The van der Waals surface area contributed by atoms with Gasteiger partial charge >= 0.3 is 17.1 Å². The highest BCUT2D eigenvalue weighted by Gasteiger charge is 2.48. The Hall–Kier alpha value is -5.89. The lowest BCUT2D eigenvalue weighted by atomic mass is 9.77. The van der Waals surface area contributed by atoms with Crippen molar-refractivity contribution in [3.8, 4) is 0 Å². The van der Waals surface area contributed by atoms with Crippen LogP contribution in [0.1, 0.15) is 205 Å². The second-order valence-corrected chi connectivity index (χ2v) is 49.0. The molecule has 0 aliphatic carbocycles. The summed E-state index contributed by atoms with van der Waals surface area (Å²) in [6, 6.07) is 24.6. The molecule has 0 saturated carbocycles. The summed E-state index contributed by atoms with van der Waals surface area (Å²) in [7, 11) is -3.62. The number of aliphatic hydroxyl groups excluding tert-OH is 4. The van der Waals surface area contributed by atoms with Gasteiger partial charge in [0, 0.05) is 26.2 Å². The van der Waals surface area contributed by atoms with Crippen molar-refractivity contribution in [1.82, 2.24) is 27.4 Å². The number of rotatable bonds is 16. The molecule has 25 heteroatoms. The molecule has 0 bridgehead atoms. The number of amides is 1. The molecule has 112 heavy (non-hydrogen) atoms. The molecule has 3 saturated heterocycles. The molecule has 7 aromatic rings. The first kappa shape index (κ1) is 87.0. The molecule has 0 spiro atoms. The number of ether oxygens (including phenoxy) is 6. The van der Waals surface area contributed by atoms with Gasteiger partial charge in [-0.3, -0.25) is 32.2 Å². The fraction of sp³-hybridized carbons (Fsp3) is 0.678. The number of nitrogens with zero attached hydrogens (tertiary/aromatic N) is 7. The zero-order valence-electron chi connectivity index (χ0n) is 71.9. The van der Waals surface area contributed by atoms with Crippen LogP contribution in [0.3, 0.4) is 0 Å². The summed E-state index contributed by atoms with van der Waals surface area (Å²) in [5, 5.41) is 38.4. The maximum absolute atomic E-state index is 13.4. The van der Waals surface area contributed by atoms with Crippen molar-refractivity contribution in [1.29, 1.82) is 0 Å².